The Morgan fingerprint density at radius 2 is 2.08 bits per heavy atom. The third-order valence-electron chi connectivity index (χ3n) is 1.65. The molecule has 0 heterocycles. The third kappa shape index (κ3) is 2.37. The van der Waals surface area contributed by atoms with Gasteiger partial charge in [0, 0.05) is 0 Å². The number of carbonyl (C=O) groups is 1. The molecule has 4 nitrogen and oxygen atoms in total. The lowest BCUT2D eigenvalue weighted by atomic mass is 10.2. The molecule has 1 rings (SSSR count). The summed E-state index contributed by atoms with van der Waals surface area (Å²) in [4.78, 5) is 10.5. The first-order valence-electron chi connectivity index (χ1n) is 3.88. The average Bonchev–Trinajstić information content (AvgIpc) is 2.08. The maximum Gasteiger partial charge on any atom is 0.325 e. The van der Waals surface area contributed by atoms with Crippen LogP contribution in [0.3, 0.4) is 0 Å². The molecule has 0 saturated heterocycles. The second-order valence-electron chi connectivity index (χ2n) is 2.72. The summed E-state index contributed by atoms with van der Waals surface area (Å²) < 4.78 is 0. The Hall–Kier alpha value is -1.71. The van der Waals surface area contributed by atoms with Crippen molar-refractivity contribution >= 4 is 11.7 Å². The minimum Gasteiger partial charge on any atom is -0.506 e. The number of hydrogen-bond acceptors (Lipinski definition) is 3. The van der Waals surface area contributed by atoms with Crippen LogP contribution in [0.2, 0.25) is 0 Å². The van der Waals surface area contributed by atoms with E-state index in [0.717, 1.165) is 0 Å². The lowest BCUT2D eigenvalue weighted by molar-refractivity contribution is -0.137. The van der Waals surface area contributed by atoms with Crippen molar-refractivity contribution in [3.05, 3.63) is 24.3 Å². The fourth-order valence-corrected chi connectivity index (χ4v) is 0.891. The first-order chi connectivity index (χ1) is 6.11. The molecule has 0 aromatic heterocycles. The smallest absolute Gasteiger partial charge is 0.325 e. The maximum absolute atomic E-state index is 10.5. The van der Waals surface area contributed by atoms with Gasteiger partial charge in [0.15, 0.2) is 0 Å². The first-order valence-corrected chi connectivity index (χ1v) is 3.88. The zero-order valence-corrected chi connectivity index (χ0v) is 7.19. The predicted octanol–water partition coefficient (Wildman–Crippen LogP) is 1.28. The van der Waals surface area contributed by atoms with E-state index in [9.17, 15) is 9.90 Å². The van der Waals surface area contributed by atoms with E-state index in [1.54, 1.807) is 18.2 Å². The van der Waals surface area contributed by atoms with E-state index in [4.69, 9.17) is 5.11 Å². The number of benzene rings is 1. The Kier molecular flexibility index (Phi) is 2.74. The normalized spacial score (nSPS) is 12.1. The van der Waals surface area contributed by atoms with Gasteiger partial charge in [-0.05, 0) is 19.1 Å². The van der Waals surface area contributed by atoms with Crippen molar-refractivity contribution in [2.24, 2.45) is 0 Å². The Bertz CT molecular complexity index is 311. The number of phenols is 1. The van der Waals surface area contributed by atoms with Crippen molar-refractivity contribution in [2.75, 3.05) is 5.32 Å². The molecule has 0 aliphatic rings. The number of phenolic OH excluding ortho intramolecular Hbond substituents is 1. The van der Waals surface area contributed by atoms with E-state index >= 15 is 0 Å². The van der Waals surface area contributed by atoms with Crippen LogP contribution in [-0.4, -0.2) is 22.2 Å². The highest BCUT2D eigenvalue weighted by Crippen LogP contribution is 2.21. The van der Waals surface area contributed by atoms with Gasteiger partial charge in [-0.3, -0.25) is 4.79 Å². The monoisotopic (exact) mass is 181 g/mol. The van der Waals surface area contributed by atoms with Crippen LogP contribution in [-0.2, 0) is 4.79 Å². The summed E-state index contributed by atoms with van der Waals surface area (Å²) in [6, 6.07) is 5.79. The molecule has 0 saturated carbocycles. The van der Waals surface area contributed by atoms with Crippen molar-refractivity contribution in [1.82, 2.24) is 0 Å². The number of anilines is 1. The molecule has 1 aromatic carbocycles. The van der Waals surface area contributed by atoms with Gasteiger partial charge in [-0.25, -0.2) is 0 Å². The lowest BCUT2D eigenvalue weighted by Gasteiger charge is -2.11. The van der Waals surface area contributed by atoms with E-state index in [1.165, 1.54) is 13.0 Å². The van der Waals surface area contributed by atoms with Crippen LogP contribution >= 0.6 is 0 Å². The minimum atomic E-state index is -0.955. The molecule has 0 fully saturated rings. The molecule has 0 aliphatic carbocycles. The van der Waals surface area contributed by atoms with Crippen molar-refractivity contribution < 1.29 is 15.0 Å². The van der Waals surface area contributed by atoms with Crippen LogP contribution in [0.1, 0.15) is 6.92 Å². The summed E-state index contributed by atoms with van der Waals surface area (Å²) >= 11 is 0. The van der Waals surface area contributed by atoms with E-state index in [2.05, 4.69) is 5.32 Å². The van der Waals surface area contributed by atoms with Crippen LogP contribution in [0.4, 0.5) is 5.69 Å². The van der Waals surface area contributed by atoms with E-state index < -0.39 is 12.0 Å². The summed E-state index contributed by atoms with van der Waals surface area (Å²) in [5.41, 5.74) is 0.428. The number of para-hydroxylation sites is 2. The van der Waals surface area contributed by atoms with Crippen molar-refractivity contribution in [2.45, 2.75) is 13.0 Å². The molecule has 13 heavy (non-hydrogen) atoms. The molecule has 3 N–H and O–H groups in total. The maximum atomic E-state index is 10.5. The topological polar surface area (TPSA) is 69.6 Å². The van der Waals surface area contributed by atoms with Gasteiger partial charge in [-0.1, -0.05) is 12.1 Å². The molecule has 0 radical (unpaired) electrons. The fraction of sp³-hybridized carbons (Fsp3) is 0.222. The van der Waals surface area contributed by atoms with Crippen LogP contribution in [0.15, 0.2) is 24.3 Å². The summed E-state index contributed by atoms with van der Waals surface area (Å²) in [7, 11) is 0. The summed E-state index contributed by atoms with van der Waals surface area (Å²) in [5.74, 6) is -0.904. The molecule has 1 atom stereocenters. The quantitative estimate of drug-likeness (QED) is 0.614. The summed E-state index contributed by atoms with van der Waals surface area (Å²) in [6.45, 7) is 1.51. The number of aliphatic carboxylic acids is 1. The van der Waals surface area contributed by atoms with Crippen LogP contribution in [0.25, 0.3) is 0 Å². The van der Waals surface area contributed by atoms with Gasteiger partial charge in [0.1, 0.15) is 11.8 Å². The van der Waals surface area contributed by atoms with Crippen molar-refractivity contribution in [3.63, 3.8) is 0 Å². The zero-order chi connectivity index (χ0) is 9.84. The molecule has 0 aliphatic heterocycles. The molecule has 4 heteroatoms. The number of carboxylic acid groups (broad SMARTS) is 1. The van der Waals surface area contributed by atoms with Gasteiger partial charge in [0.25, 0.3) is 0 Å². The highest BCUT2D eigenvalue weighted by atomic mass is 16.4. The lowest BCUT2D eigenvalue weighted by Crippen LogP contribution is -2.25. The largest absolute Gasteiger partial charge is 0.506 e. The molecular weight excluding hydrogens is 170 g/mol. The Labute approximate surface area is 75.8 Å². The van der Waals surface area contributed by atoms with Gasteiger partial charge in [0.2, 0.25) is 0 Å². The third-order valence-corrected chi connectivity index (χ3v) is 1.65. The zero-order valence-electron chi connectivity index (χ0n) is 7.19. The number of hydrogen-bond donors (Lipinski definition) is 3. The van der Waals surface area contributed by atoms with E-state index in [1.807, 2.05) is 0 Å². The highest BCUT2D eigenvalue weighted by molar-refractivity contribution is 5.77. The number of nitrogens with one attached hydrogen (secondary N) is 1. The van der Waals surface area contributed by atoms with Crippen LogP contribution in [0, 0.1) is 0 Å². The molecule has 70 valence electrons. The molecule has 1 unspecified atom stereocenters. The number of carboxylic acids is 1. The highest BCUT2D eigenvalue weighted by Gasteiger charge is 2.11. The van der Waals surface area contributed by atoms with Crippen LogP contribution in [0.5, 0.6) is 5.75 Å². The predicted molar refractivity (Wildman–Crippen MR) is 48.8 cm³/mol. The second-order valence-corrected chi connectivity index (χ2v) is 2.72. The summed E-state index contributed by atoms with van der Waals surface area (Å²) in [5, 5.41) is 20.5. The Morgan fingerprint density at radius 3 is 2.62 bits per heavy atom. The van der Waals surface area contributed by atoms with Gasteiger partial charge in [-0.2, -0.15) is 0 Å². The molecular formula is C9H11NO3. The number of rotatable bonds is 3. The number of aromatic hydroxyl groups is 1. The molecule has 0 amide bonds. The van der Waals surface area contributed by atoms with Crippen molar-refractivity contribution in [1.29, 1.82) is 0 Å². The Morgan fingerprint density at radius 1 is 1.46 bits per heavy atom. The minimum absolute atomic E-state index is 0.0515. The van der Waals surface area contributed by atoms with Gasteiger partial charge >= 0.3 is 5.97 Å². The fourth-order valence-electron chi connectivity index (χ4n) is 0.891. The van der Waals surface area contributed by atoms with E-state index in [-0.39, 0.29) is 5.75 Å². The van der Waals surface area contributed by atoms with Gasteiger partial charge in [0.05, 0.1) is 5.69 Å². The first kappa shape index (κ1) is 9.38. The Balaban J connectivity index is 2.74. The molecule has 0 spiro atoms. The van der Waals surface area contributed by atoms with Gasteiger partial charge in [-0.15, -0.1) is 0 Å². The summed E-state index contributed by atoms with van der Waals surface area (Å²) in [6.07, 6.45) is 0. The van der Waals surface area contributed by atoms with Crippen molar-refractivity contribution in [3.8, 4) is 5.75 Å². The second kappa shape index (κ2) is 3.80. The molecule has 0 bridgehead atoms. The molecule has 1 aromatic rings. The van der Waals surface area contributed by atoms with E-state index in [0.29, 0.717) is 5.69 Å². The van der Waals surface area contributed by atoms with Gasteiger partial charge < -0.3 is 15.5 Å². The SMILES string of the molecule is CC(Nc1ccccc1O)C(=O)O. The average molecular weight is 181 g/mol. The standard InChI is InChI=1S/C9H11NO3/c1-6(9(12)13)10-7-4-2-3-5-8(7)11/h2-6,10-11H,1H3,(H,12,13). The van der Waals surface area contributed by atoms with Crippen LogP contribution < -0.4 is 5.32 Å².